The minimum Gasteiger partial charge on any atom is -0.316 e. The first-order valence-corrected chi connectivity index (χ1v) is 6.85. The van der Waals surface area contributed by atoms with E-state index >= 15 is 0 Å². The van der Waals surface area contributed by atoms with E-state index in [1.54, 1.807) is 6.07 Å². The summed E-state index contributed by atoms with van der Waals surface area (Å²) in [4.78, 5) is 4.27. The van der Waals surface area contributed by atoms with E-state index in [-0.39, 0.29) is 17.3 Å². The second-order valence-corrected chi connectivity index (χ2v) is 5.13. The standard InChI is InChI=1S/C14H15F3N4/c15-14(16,17)11-6-2-1-5-10(11)13-19-12(20-21-13)9-4-3-7-18-8-9/h1-2,5-6,9,18H,3-4,7-8H2,(H,19,20,21). The summed E-state index contributed by atoms with van der Waals surface area (Å²) in [6.45, 7) is 1.74. The highest BCUT2D eigenvalue weighted by Crippen LogP contribution is 2.36. The minimum absolute atomic E-state index is 0.0104. The second kappa shape index (κ2) is 5.48. The molecule has 0 amide bonds. The Morgan fingerprint density at radius 1 is 1.19 bits per heavy atom. The first-order valence-electron chi connectivity index (χ1n) is 6.85. The Morgan fingerprint density at radius 3 is 2.71 bits per heavy atom. The Bertz CT molecular complexity index is 615. The lowest BCUT2D eigenvalue weighted by molar-refractivity contribution is -0.137. The molecule has 0 bridgehead atoms. The Morgan fingerprint density at radius 2 is 2.00 bits per heavy atom. The molecule has 1 fully saturated rings. The highest BCUT2D eigenvalue weighted by Gasteiger charge is 2.34. The van der Waals surface area contributed by atoms with Crippen molar-refractivity contribution < 1.29 is 13.2 Å². The van der Waals surface area contributed by atoms with Crippen LogP contribution in [0.15, 0.2) is 24.3 Å². The molecule has 112 valence electrons. The van der Waals surface area contributed by atoms with E-state index < -0.39 is 11.7 Å². The van der Waals surface area contributed by atoms with Crippen molar-refractivity contribution in [3.05, 3.63) is 35.7 Å². The lowest BCUT2D eigenvalue weighted by Crippen LogP contribution is -2.28. The lowest BCUT2D eigenvalue weighted by Gasteiger charge is -2.20. The van der Waals surface area contributed by atoms with Gasteiger partial charge in [0, 0.05) is 18.0 Å². The van der Waals surface area contributed by atoms with Gasteiger partial charge in [0.05, 0.1) is 5.56 Å². The smallest absolute Gasteiger partial charge is 0.316 e. The third-order valence-corrected chi connectivity index (χ3v) is 3.66. The van der Waals surface area contributed by atoms with Crippen molar-refractivity contribution in [2.45, 2.75) is 24.9 Å². The maximum Gasteiger partial charge on any atom is 0.417 e. The van der Waals surface area contributed by atoms with Gasteiger partial charge in [-0.05, 0) is 25.5 Å². The minimum atomic E-state index is -4.41. The molecule has 1 atom stereocenters. The molecule has 21 heavy (non-hydrogen) atoms. The van der Waals surface area contributed by atoms with Crippen LogP contribution in [0.5, 0.6) is 0 Å². The van der Waals surface area contributed by atoms with Crippen molar-refractivity contribution >= 4 is 0 Å². The number of hydrogen-bond acceptors (Lipinski definition) is 3. The van der Waals surface area contributed by atoms with Gasteiger partial charge in [-0.2, -0.15) is 18.3 Å². The maximum atomic E-state index is 13.0. The van der Waals surface area contributed by atoms with Crippen LogP contribution in [0.1, 0.15) is 30.1 Å². The number of piperidine rings is 1. The summed E-state index contributed by atoms with van der Waals surface area (Å²) in [5.41, 5.74) is -0.700. The van der Waals surface area contributed by atoms with Gasteiger partial charge in [0.1, 0.15) is 5.82 Å². The quantitative estimate of drug-likeness (QED) is 0.896. The molecule has 1 aromatic heterocycles. The largest absolute Gasteiger partial charge is 0.417 e. The highest BCUT2D eigenvalue weighted by molar-refractivity contribution is 5.60. The summed E-state index contributed by atoms with van der Waals surface area (Å²) in [7, 11) is 0. The molecule has 0 spiro atoms. The zero-order chi connectivity index (χ0) is 14.9. The van der Waals surface area contributed by atoms with Crippen molar-refractivity contribution in [2.24, 2.45) is 0 Å². The predicted molar refractivity (Wildman–Crippen MR) is 71.7 cm³/mol. The molecule has 7 heteroatoms. The number of aromatic amines is 1. The second-order valence-electron chi connectivity index (χ2n) is 5.13. The van der Waals surface area contributed by atoms with Gasteiger partial charge in [0.15, 0.2) is 5.82 Å². The SMILES string of the molecule is FC(F)(F)c1ccccc1-c1n[nH]c(C2CCCNC2)n1. The maximum absolute atomic E-state index is 13.0. The molecule has 1 aromatic carbocycles. The van der Waals surface area contributed by atoms with Gasteiger partial charge < -0.3 is 5.32 Å². The number of aromatic nitrogens is 3. The predicted octanol–water partition coefficient (Wildman–Crippen LogP) is 2.96. The van der Waals surface area contributed by atoms with Crippen molar-refractivity contribution in [2.75, 3.05) is 13.1 Å². The Balaban J connectivity index is 1.93. The van der Waals surface area contributed by atoms with Gasteiger partial charge in [-0.15, -0.1) is 0 Å². The van der Waals surface area contributed by atoms with Gasteiger partial charge in [-0.25, -0.2) is 4.98 Å². The number of rotatable bonds is 2. The van der Waals surface area contributed by atoms with Crippen LogP contribution in [0.2, 0.25) is 0 Å². The van der Waals surface area contributed by atoms with Crippen LogP contribution in [0.4, 0.5) is 13.2 Å². The van der Waals surface area contributed by atoms with Crippen molar-refractivity contribution in [3.63, 3.8) is 0 Å². The summed E-state index contributed by atoms with van der Waals surface area (Å²) in [5.74, 6) is 0.927. The number of nitrogens with one attached hydrogen (secondary N) is 2. The van der Waals surface area contributed by atoms with Gasteiger partial charge in [0.2, 0.25) is 0 Å². The fourth-order valence-corrected chi connectivity index (χ4v) is 2.59. The van der Waals surface area contributed by atoms with Crippen LogP contribution in [-0.2, 0) is 6.18 Å². The van der Waals surface area contributed by atoms with Crippen LogP contribution in [0.25, 0.3) is 11.4 Å². The molecule has 1 aliphatic rings. The first kappa shape index (κ1) is 14.1. The Kier molecular flexibility index (Phi) is 3.67. The number of alkyl halides is 3. The molecule has 2 aromatic rings. The first-order chi connectivity index (χ1) is 10.1. The summed E-state index contributed by atoms with van der Waals surface area (Å²) >= 11 is 0. The molecule has 2 N–H and O–H groups in total. The van der Waals surface area contributed by atoms with E-state index in [1.165, 1.54) is 12.1 Å². The zero-order valence-corrected chi connectivity index (χ0v) is 11.2. The Labute approximate surface area is 119 Å². The summed E-state index contributed by atoms with van der Waals surface area (Å²) < 4.78 is 39.1. The topological polar surface area (TPSA) is 53.6 Å². The monoisotopic (exact) mass is 296 g/mol. The average Bonchev–Trinajstić information content (AvgIpc) is 2.97. The average molecular weight is 296 g/mol. The zero-order valence-electron chi connectivity index (χ0n) is 11.2. The van der Waals surface area contributed by atoms with Gasteiger partial charge in [0.25, 0.3) is 0 Å². The van der Waals surface area contributed by atoms with Gasteiger partial charge in [-0.3, -0.25) is 5.10 Å². The van der Waals surface area contributed by atoms with Crippen molar-refractivity contribution in [1.82, 2.24) is 20.5 Å². The molecule has 1 unspecified atom stereocenters. The third kappa shape index (κ3) is 2.92. The van der Waals surface area contributed by atoms with E-state index in [2.05, 4.69) is 20.5 Å². The lowest BCUT2D eigenvalue weighted by atomic mass is 9.99. The fraction of sp³-hybridized carbons (Fsp3) is 0.429. The molecule has 1 saturated heterocycles. The number of H-pyrrole nitrogens is 1. The number of benzene rings is 1. The number of nitrogens with zero attached hydrogens (tertiary/aromatic N) is 2. The molecular weight excluding hydrogens is 281 g/mol. The van der Waals surface area contributed by atoms with E-state index in [0.717, 1.165) is 32.0 Å². The van der Waals surface area contributed by atoms with Gasteiger partial charge >= 0.3 is 6.18 Å². The molecular formula is C14H15F3N4. The van der Waals surface area contributed by atoms with Crippen LogP contribution >= 0.6 is 0 Å². The van der Waals surface area contributed by atoms with E-state index in [1.807, 2.05) is 0 Å². The van der Waals surface area contributed by atoms with E-state index in [0.29, 0.717) is 5.82 Å². The Hall–Kier alpha value is -1.89. The van der Waals surface area contributed by atoms with Crippen LogP contribution in [0, 0.1) is 0 Å². The van der Waals surface area contributed by atoms with Crippen molar-refractivity contribution in [3.8, 4) is 11.4 Å². The summed E-state index contributed by atoms with van der Waals surface area (Å²) in [5, 5.41) is 10.0. The van der Waals surface area contributed by atoms with Gasteiger partial charge in [-0.1, -0.05) is 18.2 Å². The van der Waals surface area contributed by atoms with E-state index in [9.17, 15) is 13.2 Å². The molecule has 0 saturated carbocycles. The normalized spacial score (nSPS) is 19.7. The third-order valence-electron chi connectivity index (χ3n) is 3.66. The number of halogens is 3. The molecule has 0 aliphatic carbocycles. The summed E-state index contributed by atoms with van der Waals surface area (Å²) in [6, 6.07) is 5.37. The fourth-order valence-electron chi connectivity index (χ4n) is 2.59. The van der Waals surface area contributed by atoms with E-state index in [4.69, 9.17) is 0 Å². The highest BCUT2D eigenvalue weighted by atomic mass is 19.4. The molecule has 3 rings (SSSR count). The van der Waals surface area contributed by atoms with Crippen LogP contribution < -0.4 is 5.32 Å². The molecule has 0 radical (unpaired) electrons. The van der Waals surface area contributed by atoms with Crippen molar-refractivity contribution in [1.29, 1.82) is 0 Å². The van der Waals surface area contributed by atoms with Crippen LogP contribution in [-0.4, -0.2) is 28.3 Å². The molecule has 4 nitrogen and oxygen atoms in total. The number of hydrogen-bond donors (Lipinski definition) is 2. The van der Waals surface area contributed by atoms with Crippen LogP contribution in [0.3, 0.4) is 0 Å². The summed E-state index contributed by atoms with van der Waals surface area (Å²) in [6.07, 6.45) is -2.42. The molecule has 1 aliphatic heterocycles. The molecule has 2 heterocycles.